The van der Waals surface area contributed by atoms with Gasteiger partial charge in [0.05, 0.1) is 0 Å². The molecule has 1 amide bonds. The summed E-state index contributed by atoms with van der Waals surface area (Å²) in [6, 6.07) is 0.418. The van der Waals surface area contributed by atoms with Gasteiger partial charge in [-0.25, -0.2) is 0 Å². The highest BCUT2D eigenvalue weighted by atomic mass is 16.1. The highest BCUT2D eigenvalue weighted by Crippen LogP contribution is 2.20. The maximum Gasteiger partial charge on any atom is 0.223 e. The summed E-state index contributed by atoms with van der Waals surface area (Å²) in [5.74, 6) is 0.562. The lowest BCUT2D eigenvalue weighted by atomic mass is 9.92. The van der Waals surface area contributed by atoms with Crippen LogP contribution in [0.3, 0.4) is 0 Å². The summed E-state index contributed by atoms with van der Waals surface area (Å²) in [4.78, 5) is 14.3. The van der Waals surface area contributed by atoms with Crippen LogP contribution in [-0.2, 0) is 4.79 Å². The summed E-state index contributed by atoms with van der Waals surface area (Å²) in [5.41, 5.74) is 0. The number of nitrogens with zero attached hydrogens (tertiary/aromatic N) is 1. The van der Waals surface area contributed by atoms with Gasteiger partial charge in [0.15, 0.2) is 0 Å². The number of hydrogen-bond donors (Lipinski definition) is 1. The highest BCUT2D eigenvalue weighted by molar-refractivity contribution is 5.79. The molecule has 1 aliphatic heterocycles. The molecular weight excluding hydrogens is 200 g/mol. The van der Waals surface area contributed by atoms with Crippen LogP contribution < -0.4 is 5.32 Å². The van der Waals surface area contributed by atoms with Crippen molar-refractivity contribution < 1.29 is 4.79 Å². The average Bonchev–Trinajstić information content (AvgIpc) is 2.31. The molecule has 1 heterocycles. The molecule has 1 saturated carbocycles. The van der Waals surface area contributed by atoms with Crippen LogP contribution in [0.1, 0.15) is 38.5 Å². The van der Waals surface area contributed by atoms with Crippen LogP contribution in [0.4, 0.5) is 0 Å². The summed E-state index contributed by atoms with van der Waals surface area (Å²) in [7, 11) is 2.13. The van der Waals surface area contributed by atoms with Gasteiger partial charge in [-0.05, 0) is 52.2 Å². The quantitative estimate of drug-likeness (QED) is 0.771. The number of nitrogens with one attached hydrogen (secondary N) is 1. The first-order chi connectivity index (χ1) is 7.75. The van der Waals surface area contributed by atoms with E-state index in [9.17, 15) is 4.79 Å². The lowest BCUT2D eigenvalue weighted by Gasteiger charge is -2.30. The first-order valence-electron chi connectivity index (χ1n) is 6.56. The molecule has 91 valence electrons. The molecule has 3 nitrogen and oxygen atoms in total. The zero-order valence-corrected chi connectivity index (χ0v) is 10.2. The number of amides is 1. The second-order valence-corrected chi connectivity index (χ2v) is 5.24. The molecule has 0 spiro atoms. The van der Waals surface area contributed by atoms with Gasteiger partial charge in [0.2, 0.25) is 5.91 Å². The van der Waals surface area contributed by atoms with Crippen molar-refractivity contribution in [2.24, 2.45) is 5.92 Å². The van der Waals surface area contributed by atoms with Gasteiger partial charge in [0, 0.05) is 12.0 Å². The number of rotatable bonds is 2. The summed E-state index contributed by atoms with van der Waals surface area (Å²) < 4.78 is 0. The van der Waals surface area contributed by atoms with E-state index in [0.717, 1.165) is 38.8 Å². The third-order valence-electron chi connectivity index (χ3n) is 3.85. The minimum atomic E-state index is 0.262. The molecule has 16 heavy (non-hydrogen) atoms. The first-order valence-corrected chi connectivity index (χ1v) is 6.56. The van der Waals surface area contributed by atoms with E-state index in [1.165, 1.54) is 12.8 Å². The zero-order chi connectivity index (χ0) is 11.4. The largest absolute Gasteiger partial charge is 0.353 e. The van der Waals surface area contributed by atoms with Crippen LogP contribution in [0.5, 0.6) is 0 Å². The van der Waals surface area contributed by atoms with E-state index in [1.54, 1.807) is 0 Å². The molecule has 1 atom stereocenters. The van der Waals surface area contributed by atoms with Gasteiger partial charge >= 0.3 is 0 Å². The van der Waals surface area contributed by atoms with Crippen molar-refractivity contribution in [3.63, 3.8) is 0 Å². The molecule has 1 aliphatic carbocycles. The zero-order valence-electron chi connectivity index (χ0n) is 10.2. The van der Waals surface area contributed by atoms with Crippen molar-refractivity contribution in [3.05, 3.63) is 6.42 Å². The summed E-state index contributed by atoms with van der Waals surface area (Å²) in [5, 5.41) is 3.21. The molecule has 1 saturated heterocycles. The van der Waals surface area contributed by atoms with Crippen LogP contribution in [-0.4, -0.2) is 37.0 Å². The van der Waals surface area contributed by atoms with E-state index >= 15 is 0 Å². The van der Waals surface area contributed by atoms with Crippen molar-refractivity contribution in [2.75, 3.05) is 20.1 Å². The minimum absolute atomic E-state index is 0.262. The van der Waals surface area contributed by atoms with Gasteiger partial charge in [-0.1, -0.05) is 12.8 Å². The van der Waals surface area contributed by atoms with E-state index in [2.05, 4.69) is 23.7 Å². The van der Waals surface area contributed by atoms with Gasteiger partial charge in [-0.2, -0.15) is 0 Å². The lowest BCUT2D eigenvalue weighted by molar-refractivity contribution is -0.127. The van der Waals surface area contributed by atoms with E-state index in [0.29, 0.717) is 11.9 Å². The maximum atomic E-state index is 12.0. The third-order valence-corrected chi connectivity index (χ3v) is 3.85. The maximum absolute atomic E-state index is 12.0. The van der Waals surface area contributed by atoms with Crippen LogP contribution in [0.2, 0.25) is 0 Å². The summed E-state index contributed by atoms with van der Waals surface area (Å²) >= 11 is 0. The molecule has 1 unspecified atom stereocenters. The number of carbonyl (C=O) groups excluding carboxylic acids is 1. The van der Waals surface area contributed by atoms with Gasteiger partial charge in [0.25, 0.3) is 0 Å². The Hall–Kier alpha value is -0.570. The van der Waals surface area contributed by atoms with Gasteiger partial charge < -0.3 is 10.2 Å². The number of hydrogen-bond acceptors (Lipinski definition) is 2. The Balaban J connectivity index is 1.74. The first kappa shape index (κ1) is 11.9. The monoisotopic (exact) mass is 223 g/mol. The molecular formula is C13H23N2O. The van der Waals surface area contributed by atoms with E-state index in [-0.39, 0.29) is 5.92 Å². The molecule has 2 rings (SSSR count). The van der Waals surface area contributed by atoms with Gasteiger partial charge in [-0.3, -0.25) is 4.79 Å². The Morgan fingerprint density at radius 1 is 1.31 bits per heavy atom. The number of likely N-dealkylation sites (tertiary alicyclic amines) is 1. The lowest BCUT2D eigenvalue weighted by Crippen LogP contribution is -2.43. The van der Waals surface area contributed by atoms with E-state index in [4.69, 9.17) is 0 Å². The van der Waals surface area contributed by atoms with Crippen molar-refractivity contribution in [1.82, 2.24) is 10.2 Å². The molecule has 0 aromatic rings. The number of piperidine rings is 1. The molecule has 0 bridgehead atoms. The van der Waals surface area contributed by atoms with Crippen molar-refractivity contribution in [3.8, 4) is 0 Å². The topological polar surface area (TPSA) is 32.3 Å². The smallest absolute Gasteiger partial charge is 0.223 e. The molecule has 2 fully saturated rings. The molecule has 2 aliphatic rings. The second-order valence-electron chi connectivity index (χ2n) is 5.24. The van der Waals surface area contributed by atoms with Gasteiger partial charge in [-0.15, -0.1) is 0 Å². The molecule has 1 radical (unpaired) electrons. The fraction of sp³-hybridized carbons (Fsp3) is 0.846. The van der Waals surface area contributed by atoms with Crippen molar-refractivity contribution >= 4 is 5.91 Å². The predicted octanol–water partition coefficient (Wildman–Crippen LogP) is 1.59. The van der Waals surface area contributed by atoms with E-state index < -0.39 is 0 Å². The molecule has 0 aromatic heterocycles. The van der Waals surface area contributed by atoms with Crippen molar-refractivity contribution in [1.29, 1.82) is 0 Å². The minimum Gasteiger partial charge on any atom is -0.353 e. The highest BCUT2D eigenvalue weighted by Gasteiger charge is 2.25. The van der Waals surface area contributed by atoms with E-state index in [1.807, 2.05) is 0 Å². The molecule has 3 heteroatoms. The van der Waals surface area contributed by atoms with Crippen LogP contribution in [0, 0.1) is 12.3 Å². The summed E-state index contributed by atoms with van der Waals surface area (Å²) in [6.07, 6.45) is 9.05. The second kappa shape index (κ2) is 5.67. The third kappa shape index (κ3) is 3.21. The fourth-order valence-corrected chi connectivity index (χ4v) is 2.67. The van der Waals surface area contributed by atoms with Crippen LogP contribution in [0.25, 0.3) is 0 Å². The standard InChI is InChI=1S/C13H23N2O/c1-15-9-7-11(8-10-15)13(16)14-12-5-3-2-4-6-12/h3,11-12H,2,4-10H2,1H3,(H,14,16). The SMILES string of the molecule is CN1CCC(C(=O)NC2C[CH]CCC2)CC1. The number of carbonyl (C=O) groups is 1. The Kier molecular flexibility index (Phi) is 4.22. The van der Waals surface area contributed by atoms with Crippen molar-refractivity contribution in [2.45, 2.75) is 44.6 Å². The molecule has 0 aromatic carbocycles. The predicted molar refractivity (Wildman–Crippen MR) is 64.9 cm³/mol. The normalized spacial score (nSPS) is 25.6. The fourth-order valence-electron chi connectivity index (χ4n) is 2.67. The Morgan fingerprint density at radius 3 is 2.69 bits per heavy atom. The van der Waals surface area contributed by atoms with Crippen LogP contribution >= 0.6 is 0 Å². The Bertz CT molecular complexity index is 228. The Morgan fingerprint density at radius 2 is 2.06 bits per heavy atom. The molecule has 1 N–H and O–H groups in total. The average molecular weight is 223 g/mol. The summed E-state index contributed by atoms with van der Waals surface area (Å²) in [6.45, 7) is 2.13. The van der Waals surface area contributed by atoms with Crippen LogP contribution in [0.15, 0.2) is 0 Å². The Labute approximate surface area is 98.6 Å². The van der Waals surface area contributed by atoms with Gasteiger partial charge in [0.1, 0.15) is 0 Å².